The quantitative estimate of drug-likeness (QED) is 0.420. The lowest BCUT2D eigenvalue weighted by Crippen LogP contribution is -2.45. The van der Waals surface area contributed by atoms with Gasteiger partial charge >= 0.3 is 12.3 Å². The third-order valence-corrected chi connectivity index (χ3v) is 5.19. The highest BCUT2D eigenvalue weighted by atomic mass is 19.4. The minimum absolute atomic E-state index is 0.0516. The lowest BCUT2D eigenvalue weighted by Gasteiger charge is -2.31. The minimum Gasteiger partial charge on any atom is -0.444 e. The van der Waals surface area contributed by atoms with Gasteiger partial charge in [0.1, 0.15) is 11.4 Å². The molecule has 206 valence electrons. The number of imidazole rings is 1. The maximum absolute atomic E-state index is 14.2. The molecule has 1 atom stereocenters. The van der Waals surface area contributed by atoms with E-state index in [4.69, 9.17) is 4.74 Å². The number of halogens is 6. The molecule has 13 heteroatoms. The van der Waals surface area contributed by atoms with Gasteiger partial charge in [0, 0.05) is 31.6 Å². The summed E-state index contributed by atoms with van der Waals surface area (Å²) in [6.07, 6.45) is -5.27. The van der Waals surface area contributed by atoms with Gasteiger partial charge in [0.05, 0.1) is 18.4 Å². The predicted molar refractivity (Wildman–Crippen MR) is 122 cm³/mol. The number of carbonyl (C=O) groups excluding carboxylic acids is 2. The van der Waals surface area contributed by atoms with Crippen LogP contribution < -0.4 is 5.32 Å². The van der Waals surface area contributed by atoms with Gasteiger partial charge in [0.25, 0.3) is 0 Å². The Balaban J connectivity index is 0.00000235. The molecule has 1 N–H and O–H groups in total. The first-order valence-corrected chi connectivity index (χ1v) is 11.7. The third kappa shape index (κ3) is 8.12. The number of hydrogen-bond acceptors (Lipinski definition) is 4. The Morgan fingerprint density at radius 3 is 2.27 bits per heavy atom. The van der Waals surface area contributed by atoms with Gasteiger partial charge in [-0.05, 0) is 38.8 Å². The molecule has 7 nitrogen and oxygen atoms in total. The maximum atomic E-state index is 14.2. The Labute approximate surface area is 210 Å². The number of fused-ring (bicyclic) bond motifs is 1. The normalized spacial score (nSPS) is 14.3. The molecule has 37 heavy (non-hydrogen) atoms. The number of nitrogens with one attached hydrogen (secondary N) is 1. The average molecular weight is 537 g/mol. The van der Waals surface area contributed by atoms with E-state index >= 15 is 0 Å². The van der Waals surface area contributed by atoms with Crippen LogP contribution >= 0.6 is 0 Å². The van der Waals surface area contributed by atoms with Gasteiger partial charge in [0.15, 0.2) is 11.6 Å². The van der Waals surface area contributed by atoms with Crippen LogP contribution in [0, 0.1) is 17.5 Å². The fourth-order valence-electron chi connectivity index (χ4n) is 3.70. The van der Waals surface area contributed by atoms with Crippen molar-refractivity contribution in [1.29, 1.82) is 0 Å². The summed E-state index contributed by atoms with van der Waals surface area (Å²) in [5.41, 5.74) is -0.975. The molecule has 1 unspecified atom stereocenters. The molecule has 3 rings (SSSR count). The van der Waals surface area contributed by atoms with Crippen LogP contribution in [0.4, 0.5) is 31.1 Å². The van der Waals surface area contributed by atoms with Crippen molar-refractivity contribution in [2.75, 3.05) is 6.54 Å². The van der Waals surface area contributed by atoms with Gasteiger partial charge in [-0.25, -0.2) is 22.9 Å². The molecule has 1 aromatic carbocycles. The second-order valence-electron chi connectivity index (χ2n) is 9.15. The van der Waals surface area contributed by atoms with Crippen LogP contribution in [0.5, 0.6) is 0 Å². The highest BCUT2D eigenvalue weighted by Gasteiger charge is 2.39. The number of hydrogen-bond donors (Lipinski definition) is 1. The van der Waals surface area contributed by atoms with Crippen LogP contribution in [0.25, 0.3) is 0 Å². The first kappa shape index (κ1) is 30.0. The van der Waals surface area contributed by atoms with E-state index in [-0.39, 0.29) is 37.3 Å². The molecule has 0 spiro atoms. The van der Waals surface area contributed by atoms with Crippen molar-refractivity contribution >= 4 is 12.0 Å². The lowest BCUT2D eigenvalue weighted by atomic mass is 10.0. The van der Waals surface area contributed by atoms with Crippen molar-refractivity contribution < 1.29 is 40.7 Å². The Kier molecular flexibility index (Phi) is 9.61. The zero-order chi connectivity index (χ0) is 28.1. The molecule has 0 saturated heterocycles. The summed E-state index contributed by atoms with van der Waals surface area (Å²) in [4.78, 5) is 29.9. The molecule has 1 aliphatic heterocycles. The van der Waals surface area contributed by atoms with Gasteiger partial charge in [-0.2, -0.15) is 13.2 Å². The van der Waals surface area contributed by atoms with Gasteiger partial charge in [-0.3, -0.25) is 4.79 Å². The fourth-order valence-corrected chi connectivity index (χ4v) is 3.70. The van der Waals surface area contributed by atoms with Gasteiger partial charge in [0.2, 0.25) is 11.7 Å². The van der Waals surface area contributed by atoms with Crippen molar-refractivity contribution in [3.05, 3.63) is 52.9 Å². The Morgan fingerprint density at radius 2 is 1.68 bits per heavy atom. The molecule has 0 saturated carbocycles. The highest BCUT2D eigenvalue weighted by Crippen LogP contribution is 2.30. The Hall–Kier alpha value is -3.25. The SMILES string of the molecule is CC.CC(C)(C)OC(=O)NC(CC(=O)N1CCn2c(cnc2C(F)(F)F)C1)Cc1cc(F)c(F)cc1F. The molecule has 2 amide bonds. The van der Waals surface area contributed by atoms with Gasteiger partial charge in [-0.15, -0.1) is 0 Å². The van der Waals surface area contributed by atoms with E-state index in [1.165, 1.54) is 4.90 Å². The molecular formula is C24H30F6N4O3. The monoisotopic (exact) mass is 536 g/mol. The van der Waals surface area contributed by atoms with Crippen LogP contribution in [0.15, 0.2) is 18.3 Å². The lowest BCUT2D eigenvalue weighted by molar-refractivity contribution is -0.148. The number of ether oxygens (including phenoxy) is 1. The minimum atomic E-state index is -4.64. The number of rotatable bonds is 5. The van der Waals surface area contributed by atoms with E-state index in [1.807, 2.05) is 13.8 Å². The number of benzene rings is 1. The van der Waals surface area contributed by atoms with E-state index < -0.39 is 59.5 Å². The number of amides is 2. The van der Waals surface area contributed by atoms with Crippen LogP contribution in [-0.2, 0) is 35.2 Å². The van der Waals surface area contributed by atoms with Gasteiger partial charge in [-0.1, -0.05) is 13.8 Å². The summed E-state index contributed by atoms with van der Waals surface area (Å²) in [5, 5.41) is 2.44. The molecule has 2 heterocycles. The third-order valence-electron chi connectivity index (χ3n) is 5.19. The second kappa shape index (κ2) is 11.9. The van der Waals surface area contributed by atoms with Gasteiger partial charge < -0.3 is 19.5 Å². The summed E-state index contributed by atoms with van der Waals surface area (Å²) in [7, 11) is 0. The van der Waals surface area contributed by atoms with Crippen LogP contribution in [0.2, 0.25) is 0 Å². The van der Waals surface area contributed by atoms with Crippen LogP contribution in [0.1, 0.15) is 58.1 Å². The number of alkyl halides is 3. The van der Waals surface area contributed by atoms with Crippen molar-refractivity contribution in [2.24, 2.45) is 0 Å². The molecule has 1 aromatic heterocycles. The summed E-state index contributed by atoms with van der Waals surface area (Å²) < 4.78 is 86.5. The van der Waals surface area contributed by atoms with E-state index in [9.17, 15) is 35.9 Å². The Bertz CT molecular complexity index is 1110. The largest absolute Gasteiger partial charge is 0.449 e. The molecular weight excluding hydrogens is 506 g/mol. The van der Waals surface area contributed by atoms with E-state index in [1.54, 1.807) is 20.8 Å². The summed E-state index contributed by atoms with van der Waals surface area (Å²) in [6, 6.07) is -0.0766. The van der Waals surface area contributed by atoms with E-state index in [2.05, 4.69) is 10.3 Å². The molecule has 0 bridgehead atoms. The summed E-state index contributed by atoms with van der Waals surface area (Å²) in [6.45, 7) is 8.47. The van der Waals surface area contributed by atoms with Crippen LogP contribution in [0.3, 0.4) is 0 Å². The highest BCUT2D eigenvalue weighted by molar-refractivity contribution is 5.78. The number of nitrogens with zero attached hydrogens (tertiary/aromatic N) is 3. The number of carbonyl (C=O) groups is 2. The first-order chi connectivity index (χ1) is 17.1. The summed E-state index contributed by atoms with van der Waals surface area (Å²) in [5.74, 6) is -5.35. The van der Waals surface area contributed by atoms with Crippen molar-refractivity contribution in [3.63, 3.8) is 0 Å². The zero-order valence-electron chi connectivity index (χ0n) is 21.2. The summed E-state index contributed by atoms with van der Waals surface area (Å²) >= 11 is 0. The number of aromatic nitrogens is 2. The molecule has 0 radical (unpaired) electrons. The Morgan fingerprint density at radius 1 is 1.05 bits per heavy atom. The smallest absolute Gasteiger partial charge is 0.444 e. The van der Waals surface area contributed by atoms with Crippen LogP contribution in [-0.4, -0.2) is 44.6 Å². The second-order valence-corrected chi connectivity index (χ2v) is 9.15. The fraction of sp³-hybridized carbons (Fsp3) is 0.542. The molecule has 2 aromatic rings. The molecule has 0 aliphatic carbocycles. The molecule has 1 aliphatic rings. The maximum Gasteiger partial charge on any atom is 0.449 e. The van der Waals surface area contributed by atoms with E-state index in [0.717, 1.165) is 10.8 Å². The van der Waals surface area contributed by atoms with Crippen molar-refractivity contribution in [3.8, 4) is 0 Å². The topological polar surface area (TPSA) is 76.5 Å². The van der Waals surface area contributed by atoms with E-state index in [0.29, 0.717) is 12.1 Å². The van der Waals surface area contributed by atoms with Crippen molar-refractivity contribution in [1.82, 2.24) is 19.8 Å². The standard InChI is InChI=1S/C22H24F6N4O3.C2H6/c1-21(2,3)35-20(34)30-13(6-12-7-16(24)17(25)9-15(12)23)8-18(33)31-4-5-32-14(11-31)10-29-19(32)22(26,27)28;1-2/h7,9-10,13H,4-6,8,11H2,1-3H3,(H,30,34);1-2H3. The predicted octanol–water partition coefficient (Wildman–Crippen LogP) is 5.21. The average Bonchev–Trinajstić information content (AvgIpc) is 3.21. The molecule has 0 fully saturated rings. The van der Waals surface area contributed by atoms with Crippen molar-refractivity contribution in [2.45, 2.75) is 78.4 Å². The number of alkyl carbamates (subject to hydrolysis) is 1. The zero-order valence-corrected chi connectivity index (χ0v) is 21.2. The first-order valence-electron chi connectivity index (χ1n) is 11.7.